The normalized spacial score (nSPS) is 10.2. The Labute approximate surface area is 124 Å². The monoisotopic (exact) mass is 285 g/mol. The van der Waals surface area contributed by atoms with Crippen molar-refractivity contribution in [3.05, 3.63) is 48.3 Å². The molecule has 0 bridgehead atoms. The summed E-state index contributed by atoms with van der Waals surface area (Å²) in [7, 11) is 1.70. The number of benzene rings is 1. The molecule has 1 amide bonds. The third-order valence-corrected chi connectivity index (χ3v) is 3.14. The van der Waals surface area contributed by atoms with Gasteiger partial charge in [-0.3, -0.25) is 9.78 Å². The molecule has 21 heavy (non-hydrogen) atoms. The molecule has 0 aliphatic rings. The van der Waals surface area contributed by atoms with Crippen LogP contribution in [0.5, 0.6) is 5.75 Å². The van der Waals surface area contributed by atoms with Crippen molar-refractivity contribution in [1.82, 2.24) is 4.98 Å². The van der Waals surface area contributed by atoms with Crippen molar-refractivity contribution in [2.75, 3.05) is 24.3 Å². The van der Waals surface area contributed by atoms with Gasteiger partial charge in [-0.25, -0.2) is 0 Å². The lowest BCUT2D eigenvalue weighted by molar-refractivity contribution is -0.118. The first kappa shape index (κ1) is 14.8. The summed E-state index contributed by atoms with van der Waals surface area (Å²) in [6, 6.07) is 9.46. The number of amides is 1. The molecule has 1 aromatic carbocycles. The van der Waals surface area contributed by atoms with Gasteiger partial charge in [0.1, 0.15) is 5.75 Å². The number of carbonyl (C=O) groups excluding carboxylic acids is 1. The van der Waals surface area contributed by atoms with Crippen molar-refractivity contribution in [3.63, 3.8) is 0 Å². The Bertz CT molecular complexity index is 628. The van der Waals surface area contributed by atoms with Crippen molar-refractivity contribution in [2.45, 2.75) is 13.3 Å². The van der Waals surface area contributed by atoms with Crippen molar-refractivity contribution in [2.24, 2.45) is 0 Å². The van der Waals surface area contributed by atoms with Crippen LogP contribution in [0.3, 0.4) is 0 Å². The van der Waals surface area contributed by atoms with Gasteiger partial charge in [0.2, 0.25) is 5.91 Å². The Morgan fingerprint density at radius 2 is 2.19 bits per heavy atom. The number of carbonyl (C=O) groups is 1. The smallest absolute Gasteiger partial charge is 0.230 e. The number of nitrogen functional groups attached to an aromatic ring is 1. The maximum atomic E-state index is 12.1. The molecule has 5 nitrogen and oxygen atoms in total. The number of hydrogen-bond acceptors (Lipinski definition) is 4. The summed E-state index contributed by atoms with van der Waals surface area (Å²) in [5.41, 5.74) is 8.07. The number of nitrogens with zero attached hydrogens (tertiary/aromatic N) is 2. The van der Waals surface area contributed by atoms with Gasteiger partial charge in [-0.2, -0.15) is 0 Å². The molecular formula is C16H19N3O2. The summed E-state index contributed by atoms with van der Waals surface area (Å²) in [5.74, 6) is 0.717. The minimum Gasteiger partial charge on any atom is -0.493 e. The van der Waals surface area contributed by atoms with E-state index in [0.29, 0.717) is 18.0 Å². The first-order valence-electron chi connectivity index (χ1n) is 6.73. The van der Waals surface area contributed by atoms with Gasteiger partial charge in [0.05, 0.1) is 30.6 Å². The van der Waals surface area contributed by atoms with Gasteiger partial charge in [-0.15, -0.1) is 0 Å². The van der Waals surface area contributed by atoms with Crippen molar-refractivity contribution >= 4 is 17.3 Å². The summed E-state index contributed by atoms with van der Waals surface area (Å²) in [5, 5.41) is 0. The molecule has 0 atom stereocenters. The van der Waals surface area contributed by atoms with Crippen LogP contribution in [0.4, 0.5) is 11.4 Å². The Balaban J connectivity index is 1.89. The van der Waals surface area contributed by atoms with E-state index in [1.54, 1.807) is 19.3 Å². The van der Waals surface area contributed by atoms with Crippen LogP contribution in [0.15, 0.2) is 42.7 Å². The fraction of sp³-hybridized carbons (Fsp3) is 0.250. The molecule has 2 N–H and O–H groups in total. The van der Waals surface area contributed by atoms with Crippen LogP contribution in [0.1, 0.15) is 12.0 Å². The summed E-state index contributed by atoms with van der Waals surface area (Å²) < 4.78 is 5.58. The quantitative estimate of drug-likeness (QED) is 0.916. The predicted octanol–water partition coefficient (Wildman–Crippen LogP) is 2.40. The minimum atomic E-state index is -0.0550. The molecule has 2 rings (SSSR count). The van der Waals surface area contributed by atoms with E-state index in [9.17, 15) is 4.79 Å². The van der Waals surface area contributed by atoms with Crippen molar-refractivity contribution in [1.29, 1.82) is 0 Å². The van der Waals surface area contributed by atoms with E-state index in [1.165, 1.54) is 11.1 Å². The lowest BCUT2D eigenvalue weighted by Gasteiger charge is -2.18. The number of hydrogen-bond donors (Lipinski definition) is 1. The van der Waals surface area contributed by atoms with Crippen LogP contribution >= 0.6 is 0 Å². The zero-order valence-electron chi connectivity index (χ0n) is 12.2. The minimum absolute atomic E-state index is 0.0550. The Hall–Kier alpha value is -2.56. The highest BCUT2D eigenvalue weighted by Gasteiger charge is 2.13. The molecule has 5 heteroatoms. The van der Waals surface area contributed by atoms with Crippen LogP contribution in [0.25, 0.3) is 0 Å². The van der Waals surface area contributed by atoms with Crippen LogP contribution in [0.2, 0.25) is 0 Å². The van der Waals surface area contributed by atoms with Crippen LogP contribution in [-0.2, 0) is 4.79 Å². The maximum Gasteiger partial charge on any atom is 0.230 e. The van der Waals surface area contributed by atoms with Gasteiger partial charge in [-0.05, 0) is 30.7 Å². The second-order valence-electron chi connectivity index (χ2n) is 4.80. The fourth-order valence-electron chi connectivity index (χ4n) is 1.97. The molecule has 0 spiro atoms. The van der Waals surface area contributed by atoms with Gasteiger partial charge in [0.25, 0.3) is 0 Å². The number of rotatable bonds is 5. The van der Waals surface area contributed by atoms with E-state index in [-0.39, 0.29) is 12.3 Å². The molecule has 1 aromatic heterocycles. The summed E-state index contributed by atoms with van der Waals surface area (Å²) in [6.07, 6.45) is 3.42. The molecule has 0 fully saturated rings. The molecule has 0 radical (unpaired) electrons. The van der Waals surface area contributed by atoms with Crippen LogP contribution < -0.4 is 15.4 Å². The Kier molecular flexibility index (Phi) is 4.77. The Morgan fingerprint density at radius 1 is 1.38 bits per heavy atom. The molecule has 0 aliphatic carbocycles. The molecular weight excluding hydrogens is 266 g/mol. The fourth-order valence-corrected chi connectivity index (χ4v) is 1.97. The van der Waals surface area contributed by atoms with E-state index < -0.39 is 0 Å². The molecule has 2 aromatic rings. The highest BCUT2D eigenvalue weighted by Crippen LogP contribution is 2.20. The van der Waals surface area contributed by atoms with Gasteiger partial charge in [0.15, 0.2) is 0 Å². The van der Waals surface area contributed by atoms with Gasteiger partial charge >= 0.3 is 0 Å². The predicted molar refractivity (Wildman–Crippen MR) is 83.4 cm³/mol. The van der Waals surface area contributed by atoms with Crippen LogP contribution in [0, 0.1) is 6.92 Å². The average Bonchev–Trinajstić information content (AvgIpc) is 2.47. The maximum absolute atomic E-state index is 12.1. The Morgan fingerprint density at radius 3 is 2.90 bits per heavy atom. The highest BCUT2D eigenvalue weighted by atomic mass is 16.5. The molecule has 1 heterocycles. The topological polar surface area (TPSA) is 68.5 Å². The van der Waals surface area contributed by atoms with Crippen LogP contribution in [-0.4, -0.2) is 24.5 Å². The molecule has 0 saturated carbocycles. The number of aryl methyl sites for hydroxylation is 1. The van der Waals surface area contributed by atoms with Gasteiger partial charge in [-0.1, -0.05) is 12.1 Å². The molecule has 110 valence electrons. The zero-order valence-corrected chi connectivity index (χ0v) is 12.2. The largest absolute Gasteiger partial charge is 0.493 e. The number of aromatic nitrogens is 1. The summed E-state index contributed by atoms with van der Waals surface area (Å²) in [4.78, 5) is 17.6. The van der Waals surface area contributed by atoms with Crippen molar-refractivity contribution in [3.8, 4) is 5.75 Å². The van der Waals surface area contributed by atoms with Gasteiger partial charge in [0, 0.05) is 13.2 Å². The average molecular weight is 285 g/mol. The number of ether oxygens (including phenoxy) is 1. The lowest BCUT2D eigenvalue weighted by atomic mass is 10.2. The number of nitrogens with two attached hydrogens (primary N) is 1. The third kappa shape index (κ3) is 3.95. The first-order valence-corrected chi connectivity index (χ1v) is 6.73. The second-order valence-corrected chi connectivity index (χ2v) is 4.80. The van der Waals surface area contributed by atoms with E-state index in [4.69, 9.17) is 10.5 Å². The molecule has 0 aliphatic heterocycles. The zero-order chi connectivity index (χ0) is 15.2. The summed E-state index contributed by atoms with van der Waals surface area (Å²) in [6.45, 7) is 2.33. The van der Waals surface area contributed by atoms with E-state index in [1.807, 2.05) is 31.2 Å². The first-order chi connectivity index (χ1) is 10.1. The van der Waals surface area contributed by atoms with Crippen molar-refractivity contribution < 1.29 is 9.53 Å². The molecule has 0 saturated heterocycles. The second kappa shape index (κ2) is 6.74. The van der Waals surface area contributed by atoms with E-state index in [2.05, 4.69) is 4.98 Å². The lowest BCUT2D eigenvalue weighted by Crippen LogP contribution is -2.28. The van der Waals surface area contributed by atoms with E-state index in [0.717, 1.165) is 11.3 Å². The standard InChI is InChI=1S/C16H19N3O2/c1-12-4-3-5-13(10-12)21-9-7-16(20)19(2)15-6-8-18-11-14(15)17/h3-6,8,10-11H,7,9,17H2,1-2H3. The van der Waals surface area contributed by atoms with E-state index >= 15 is 0 Å². The summed E-state index contributed by atoms with van der Waals surface area (Å²) >= 11 is 0. The number of anilines is 2. The third-order valence-electron chi connectivity index (χ3n) is 3.14. The highest BCUT2D eigenvalue weighted by molar-refractivity contribution is 5.95. The SMILES string of the molecule is Cc1cccc(OCCC(=O)N(C)c2ccncc2N)c1. The molecule has 0 unspecified atom stereocenters. The number of pyridine rings is 1. The van der Waals surface area contributed by atoms with Gasteiger partial charge < -0.3 is 15.4 Å².